The Morgan fingerprint density at radius 3 is 2.75 bits per heavy atom. The van der Waals surface area contributed by atoms with Crippen LogP contribution in [0.25, 0.3) is 0 Å². The molecule has 4 rings (SSSR count). The maximum Gasteiger partial charge on any atom is 0.255 e. The molecule has 6 heteroatoms. The van der Waals surface area contributed by atoms with Gasteiger partial charge in [-0.25, -0.2) is 0 Å². The molecule has 5 nitrogen and oxygen atoms in total. The normalized spacial score (nSPS) is 10.7. The fourth-order valence-electron chi connectivity index (χ4n) is 3.35. The number of nitrogens with one attached hydrogen (secondary N) is 1. The summed E-state index contributed by atoms with van der Waals surface area (Å²) in [5, 5.41) is 7.91. The van der Waals surface area contributed by atoms with Gasteiger partial charge in [-0.2, -0.15) is 5.10 Å². The van der Waals surface area contributed by atoms with Crippen LogP contribution >= 0.6 is 11.6 Å². The van der Waals surface area contributed by atoms with Crippen LogP contribution in [0.5, 0.6) is 5.75 Å². The number of benzene rings is 3. The van der Waals surface area contributed by atoms with Crippen molar-refractivity contribution in [3.05, 3.63) is 112 Å². The van der Waals surface area contributed by atoms with Crippen molar-refractivity contribution in [1.82, 2.24) is 9.78 Å². The third-order valence-electron chi connectivity index (χ3n) is 5.11. The van der Waals surface area contributed by atoms with E-state index in [4.69, 9.17) is 16.3 Å². The number of anilines is 1. The predicted molar refractivity (Wildman–Crippen MR) is 127 cm³/mol. The minimum absolute atomic E-state index is 0.198. The molecule has 0 bridgehead atoms. The van der Waals surface area contributed by atoms with E-state index >= 15 is 0 Å². The lowest BCUT2D eigenvalue weighted by Gasteiger charge is -2.11. The van der Waals surface area contributed by atoms with Crippen LogP contribution in [0.15, 0.2) is 79.1 Å². The van der Waals surface area contributed by atoms with Gasteiger partial charge in [0.25, 0.3) is 5.91 Å². The van der Waals surface area contributed by atoms with E-state index in [1.54, 1.807) is 23.1 Å². The molecule has 0 unspecified atom stereocenters. The molecule has 3 aromatic carbocycles. The van der Waals surface area contributed by atoms with Crippen molar-refractivity contribution in [2.45, 2.75) is 27.0 Å². The van der Waals surface area contributed by atoms with Gasteiger partial charge >= 0.3 is 0 Å². The van der Waals surface area contributed by atoms with Crippen molar-refractivity contribution in [3.63, 3.8) is 0 Å². The van der Waals surface area contributed by atoms with E-state index in [2.05, 4.69) is 16.5 Å². The molecule has 1 N–H and O–H groups in total. The zero-order valence-electron chi connectivity index (χ0n) is 18.0. The highest BCUT2D eigenvalue weighted by Gasteiger charge is 2.10. The molecule has 0 aliphatic carbocycles. The van der Waals surface area contributed by atoms with Gasteiger partial charge in [0.1, 0.15) is 12.4 Å². The summed E-state index contributed by atoms with van der Waals surface area (Å²) in [6.07, 6.45) is 3.41. The number of ether oxygens (including phenoxy) is 1. The van der Waals surface area contributed by atoms with Gasteiger partial charge in [-0.15, -0.1) is 0 Å². The summed E-state index contributed by atoms with van der Waals surface area (Å²) in [5.74, 6) is 0.654. The average molecular weight is 446 g/mol. The van der Waals surface area contributed by atoms with Crippen LogP contribution in [0.3, 0.4) is 0 Å². The van der Waals surface area contributed by atoms with Crippen LogP contribution in [0.1, 0.15) is 32.6 Å². The number of carbonyl (C=O) groups is 1. The van der Waals surface area contributed by atoms with E-state index in [-0.39, 0.29) is 5.91 Å². The van der Waals surface area contributed by atoms with E-state index in [1.807, 2.05) is 68.4 Å². The summed E-state index contributed by atoms with van der Waals surface area (Å²) >= 11 is 6.22. The SMILES string of the molecule is Cc1ccc(C)c(OCc2cccc(C(=O)Nc3cnn(Cc4ccccc4Cl)c3)c2)c1. The zero-order chi connectivity index (χ0) is 22.5. The number of rotatable bonds is 7. The first-order chi connectivity index (χ1) is 15.5. The first-order valence-electron chi connectivity index (χ1n) is 10.3. The molecule has 1 aromatic heterocycles. The van der Waals surface area contributed by atoms with Gasteiger partial charge in [0.15, 0.2) is 0 Å². The van der Waals surface area contributed by atoms with Gasteiger partial charge in [0.2, 0.25) is 0 Å². The Morgan fingerprint density at radius 2 is 1.91 bits per heavy atom. The molecule has 32 heavy (non-hydrogen) atoms. The summed E-state index contributed by atoms with van der Waals surface area (Å²) in [7, 11) is 0. The fourth-order valence-corrected chi connectivity index (χ4v) is 3.54. The molecule has 0 aliphatic heterocycles. The van der Waals surface area contributed by atoms with Crippen LogP contribution < -0.4 is 10.1 Å². The van der Waals surface area contributed by atoms with E-state index in [0.29, 0.717) is 29.4 Å². The van der Waals surface area contributed by atoms with Gasteiger partial charge in [0.05, 0.1) is 18.4 Å². The predicted octanol–water partition coefficient (Wildman–Crippen LogP) is 6.03. The molecule has 0 spiro atoms. The van der Waals surface area contributed by atoms with Gasteiger partial charge in [-0.3, -0.25) is 9.48 Å². The molecule has 4 aromatic rings. The molecule has 0 saturated carbocycles. The largest absolute Gasteiger partial charge is 0.489 e. The molecular formula is C26H24ClN3O2. The highest BCUT2D eigenvalue weighted by molar-refractivity contribution is 6.31. The Kier molecular flexibility index (Phi) is 6.57. The van der Waals surface area contributed by atoms with Crippen LogP contribution in [-0.4, -0.2) is 15.7 Å². The Labute approximate surface area is 192 Å². The van der Waals surface area contributed by atoms with Crippen LogP contribution in [-0.2, 0) is 13.2 Å². The summed E-state index contributed by atoms with van der Waals surface area (Å²) in [6, 6.07) is 21.2. The van der Waals surface area contributed by atoms with E-state index in [9.17, 15) is 4.79 Å². The number of amides is 1. The number of carbonyl (C=O) groups excluding carboxylic acids is 1. The molecule has 1 heterocycles. The van der Waals surface area contributed by atoms with Crippen molar-refractivity contribution < 1.29 is 9.53 Å². The third-order valence-corrected chi connectivity index (χ3v) is 5.48. The number of hydrogen-bond donors (Lipinski definition) is 1. The summed E-state index contributed by atoms with van der Waals surface area (Å²) in [6.45, 7) is 4.97. The second kappa shape index (κ2) is 9.71. The standard InChI is InChI=1S/C26H24ClN3O2/c1-18-10-11-19(2)25(12-18)32-17-20-6-5-8-21(13-20)26(31)29-23-14-28-30(16-23)15-22-7-3-4-9-24(22)27/h3-14,16H,15,17H2,1-2H3,(H,29,31). The van der Waals surface area contributed by atoms with Crippen molar-refractivity contribution in [3.8, 4) is 5.75 Å². The lowest BCUT2D eigenvalue weighted by molar-refractivity contribution is 0.102. The number of nitrogens with zero attached hydrogens (tertiary/aromatic N) is 2. The lowest BCUT2D eigenvalue weighted by Crippen LogP contribution is -2.12. The average Bonchev–Trinajstić information content (AvgIpc) is 3.23. The van der Waals surface area contributed by atoms with Gasteiger partial charge < -0.3 is 10.1 Å². The van der Waals surface area contributed by atoms with Gasteiger partial charge in [-0.1, -0.05) is 54.1 Å². The van der Waals surface area contributed by atoms with E-state index in [0.717, 1.165) is 28.0 Å². The Balaban J connectivity index is 1.39. The molecular weight excluding hydrogens is 422 g/mol. The summed E-state index contributed by atoms with van der Waals surface area (Å²) < 4.78 is 7.71. The van der Waals surface area contributed by atoms with Crippen LogP contribution in [0.4, 0.5) is 5.69 Å². The molecule has 0 saturated heterocycles. The number of aryl methyl sites for hydroxylation is 2. The van der Waals surface area contributed by atoms with Crippen LogP contribution in [0, 0.1) is 13.8 Å². The van der Waals surface area contributed by atoms with Crippen molar-refractivity contribution in [2.75, 3.05) is 5.32 Å². The first kappa shape index (κ1) is 21.7. The quantitative estimate of drug-likeness (QED) is 0.377. The third kappa shape index (κ3) is 5.37. The highest BCUT2D eigenvalue weighted by Crippen LogP contribution is 2.21. The molecule has 1 amide bonds. The maximum atomic E-state index is 12.8. The van der Waals surface area contributed by atoms with Crippen molar-refractivity contribution >= 4 is 23.2 Å². The molecule has 0 fully saturated rings. The summed E-state index contributed by atoms with van der Waals surface area (Å²) in [5.41, 5.74) is 5.30. The minimum Gasteiger partial charge on any atom is -0.489 e. The van der Waals surface area contributed by atoms with E-state index in [1.165, 1.54) is 0 Å². The number of hydrogen-bond acceptors (Lipinski definition) is 3. The number of aromatic nitrogens is 2. The Morgan fingerprint density at radius 1 is 1.06 bits per heavy atom. The monoisotopic (exact) mass is 445 g/mol. The molecule has 0 radical (unpaired) electrons. The maximum absolute atomic E-state index is 12.8. The summed E-state index contributed by atoms with van der Waals surface area (Å²) in [4.78, 5) is 12.8. The zero-order valence-corrected chi connectivity index (χ0v) is 18.8. The Hall–Kier alpha value is -3.57. The van der Waals surface area contributed by atoms with Crippen LogP contribution in [0.2, 0.25) is 5.02 Å². The fraction of sp³-hybridized carbons (Fsp3) is 0.154. The first-order valence-corrected chi connectivity index (χ1v) is 10.7. The van der Waals surface area contributed by atoms with Gasteiger partial charge in [0, 0.05) is 16.8 Å². The highest BCUT2D eigenvalue weighted by atomic mass is 35.5. The Bertz CT molecular complexity index is 1250. The lowest BCUT2D eigenvalue weighted by atomic mass is 10.1. The number of halogens is 1. The van der Waals surface area contributed by atoms with Gasteiger partial charge in [-0.05, 0) is 60.4 Å². The second-order valence-electron chi connectivity index (χ2n) is 7.73. The molecule has 162 valence electrons. The molecule has 0 aliphatic rings. The smallest absolute Gasteiger partial charge is 0.255 e. The molecule has 0 atom stereocenters. The van der Waals surface area contributed by atoms with E-state index < -0.39 is 0 Å². The minimum atomic E-state index is -0.198. The van der Waals surface area contributed by atoms with Crippen molar-refractivity contribution in [2.24, 2.45) is 0 Å². The van der Waals surface area contributed by atoms with Crippen molar-refractivity contribution in [1.29, 1.82) is 0 Å². The second-order valence-corrected chi connectivity index (χ2v) is 8.14. The topological polar surface area (TPSA) is 56.1 Å².